The largest absolute Gasteiger partial charge is 0.478 e. The highest BCUT2D eigenvalue weighted by atomic mass is 16.5. The van der Waals surface area contributed by atoms with Gasteiger partial charge in [-0.25, -0.2) is 4.99 Å². The predicted molar refractivity (Wildman–Crippen MR) is 77.4 cm³/mol. The van der Waals surface area contributed by atoms with Crippen molar-refractivity contribution in [3.05, 3.63) is 71.8 Å². The van der Waals surface area contributed by atoms with Crippen molar-refractivity contribution in [3.8, 4) is 0 Å². The number of ether oxygens (including phenoxy) is 1. The van der Waals surface area contributed by atoms with Crippen LogP contribution in [-0.2, 0) is 4.74 Å². The lowest BCUT2D eigenvalue weighted by molar-refractivity contribution is 0.308. The van der Waals surface area contributed by atoms with Gasteiger partial charge in [-0.15, -0.1) is 0 Å². The van der Waals surface area contributed by atoms with Gasteiger partial charge in [-0.1, -0.05) is 60.7 Å². The van der Waals surface area contributed by atoms with Crippen molar-refractivity contribution in [3.63, 3.8) is 0 Å². The summed E-state index contributed by atoms with van der Waals surface area (Å²) >= 11 is 0. The predicted octanol–water partition coefficient (Wildman–Crippen LogP) is 3.96. The van der Waals surface area contributed by atoms with E-state index in [-0.39, 0.29) is 12.0 Å². The average molecular weight is 251 g/mol. The molecule has 19 heavy (non-hydrogen) atoms. The first-order valence-electron chi connectivity index (χ1n) is 6.65. The molecule has 1 aliphatic rings. The van der Waals surface area contributed by atoms with Crippen LogP contribution in [0.2, 0.25) is 0 Å². The van der Waals surface area contributed by atoms with Gasteiger partial charge in [0.05, 0.1) is 5.92 Å². The molecule has 2 heteroatoms. The maximum Gasteiger partial charge on any atom is 0.191 e. The molecule has 1 aliphatic heterocycles. The Morgan fingerprint density at radius 1 is 1.00 bits per heavy atom. The fourth-order valence-electron chi connectivity index (χ4n) is 2.36. The van der Waals surface area contributed by atoms with Gasteiger partial charge >= 0.3 is 0 Å². The summed E-state index contributed by atoms with van der Waals surface area (Å²) in [6.45, 7) is 2.79. The lowest BCUT2D eigenvalue weighted by Gasteiger charge is -2.10. The molecular formula is C17H17NO. The third-order valence-electron chi connectivity index (χ3n) is 3.53. The Hall–Kier alpha value is -2.09. The second-order valence-electron chi connectivity index (χ2n) is 4.84. The van der Waals surface area contributed by atoms with E-state index in [1.165, 1.54) is 11.1 Å². The second kappa shape index (κ2) is 5.27. The first-order chi connectivity index (χ1) is 9.34. The van der Waals surface area contributed by atoms with Crippen molar-refractivity contribution < 1.29 is 4.74 Å². The SMILES string of the molecule is CC(C1=NC(c2ccccc2)CO1)c1ccccc1. The van der Waals surface area contributed by atoms with Crippen LogP contribution in [0.4, 0.5) is 0 Å². The molecular weight excluding hydrogens is 234 g/mol. The molecule has 2 unspecified atom stereocenters. The summed E-state index contributed by atoms with van der Waals surface area (Å²) in [5.74, 6) is 1.06. The van der Waals surface area contributed by atoms with Gasteiger partial charge in [-0.3, -0.25) is 0 Å². The number of aliphatic imine (C=N–C) groups is 1. The summed E-state index contributed by atoms with van der Waals surface area (Å²) in [4.78, 5) is 4.73. The van der Waals surface area contributed by atoms with Crippen molar-refractivity contribution in [2.75, 3.05) is 6.61 Å². The fourth-order valence-corrected chi connectivity index (χ4v) is 2.36. The van der Waals surface area contributed by atoms with Crippen molar-refractivity contribution in [2.45, 2.75) is 18.9 Å². The summed E-state index contributed by atoms with van der Waals surface area (Å²) in [5, 5.41) is 0. The molecule has 96 valence electrons. The zero-order valence-electron chi connectivity index (χ0n) is 11.0. The van der Waals surface area contributed by atoms with Gasteiger partial charge in [-0.05, 0) is 18.1 Å². The van der Waals surface area contributed by atoms with Gasteiger partial charge < -0.3 is 4.74 Å². The molecule has 2 nitrogen and oxygen atoms in total. The molecule has 0 aromatic heterocycles. The number of nitrogens with zero attached hydrogens (tertiary/aromatic N) is 1. The standard InChI is InChI=1S/C17H17NO/c1-13(14-8-4-2-5-9-14)17-18-16(12-19-17)15-10-6-3-7-11-15/h2-11,13,16H,12H2,1H3. The molecule has 0 N–H and O–H groups in total. The van der Waals surface area contributed by atoms with Crippen molar-refractivity contribution >= 4 is 5.90 Å². The van der Waals surface area contributed by atoms with E-state index in [2.05, 4.69) is 43.3 Å². The minimum absolute atomic E-state index is 0.141. The quantitative estimate of drug-likeness (QED) is 0.809. The average Bonchev–Trinajstić information content (AvgIpc) is 2.98. The number of benzene rings is 2. The highest BCUT2D eigenvalue weighted by molar-refractivity contribution is 5.84. The fraction of sp³-hybridized carbons (Fsp3) is 0.235. The van der Waals surface area contributed by atoms with Gasteiger partial charge in [-0.2, -0.15) is 0 Å². The Morgan fingerprint density at radius 3 is 2.32 bits per heavy atom. The van der Waals surface area contributed by atoms with E-state index in [9.17, 15) is 0 Å². The van der Waals surface area contributed by atoms with Gasteiger partial charge in [0.2, 0.25) is 0 Å². The Labute approximate surface area is 113 Å². The third kappa shape index (κ3) is 2.53. The van der Waals surface area contributed by atoms with Crippen LogP contribution in [-0.4, -0.2) is 12.5 Å². The molecule has 0 saturated heterocycles. The molecule has 0 amide bonds. The minimum Gasteiger partial charge on any atom is -0.478 e. The van der Waals surface area contributed by atoms with Crippen LogP contribution in [0.1, 0.15) is 30.0 Å². The molecule has 2 atom stereocenters. The molecule has 0 saturated carbocycles. The molecule has 0 bridgehead atoms. The van der Waals surface area contributed by atoms with Gasteiger partial charge in [0.15, 0.2) is 5.90 Å². The Bertz CT molecular complexity index is 562. The molecule has 2 aromatic rings. The lowest BCUT2D eigenvalue weighted by Crippen LogP contribution is -2.09. The summed E-state index contributed by atoms with van der Waals surface area (Å²) < 4.78 is 5.79. The van der Waals surface area contributed by atoms with E-state index in [0.717, 1.165) is 5.90 Å². The van der Waals surface area contributed by atoms with Gasteiger partial charge in [0, 0.05) is 0 Å². The number of hydrogen-bond donors (Lipinski definition) is 0. The van der Waals surface area contributed by atoms with Crippen LogP contribution < -0.4 is 0 Å². The Balaban J connectivity index is 1.80. The summed E-state index contributed by atoms with van der Waals surface area (Å²) in [5.41, 5.74) is 2.47. The van der Waals surface area contributed by atoms with Crippen LogP contribution in [0.25, 0.3) is 0 Å². The highest BCUT2D eigenvalue weighted by Crippen LogP contribution is 2.28. The Kier molecular flexibility index (Phi) is 3.32. The van der Waals surface area contributed by atoms with Crippen LogP contribution in [0, 0.1) is 0 Å². The minimum atomic E-state index is 0.141. The maximum absolute atomic E-state index is 5.79. The maximum atomic E-state index is 5.79. The summed E-state index contributed by atoms with van der Waals surface area (Å²) in [6.07, 6.45) is 0. The van der Waals surface area contributed by atoms with Crippen molar-refractivity contribution in [1.82, 2.24) is 0 Å². The van der Waals surface area contributed by atoms with Crippen LogP contribution in [0.5, 0.6) is 0 Å². The smallest absolute Gasteiger partial charge is 0.191 e. The third-order valence-corrected chi connectivity index (χ3v) is 3.53. The van der Waals surface area contributed by atoms with E-state index < -0.39 is 0 Å². The van der Waals surface area contributed by atoms with Crippen LogP contribution in [0.3, 0.4) is 0 Å². The van der Waals surface area contributed by atoms with Gasteiger partial charge in [0.25, 0.3) is 0 Å². The first kappa shape index (κ1) is 12.0. The number of hydrogen-bond acceptors (Lipinski definition) is 2. The Morgan fingerprint density at radius 2 is 1.63 bits per heavy atom. The molecule has 3 rings (SSSR count). The molecule has 0 radical (unpaired) electrons. The van der Waals surface area contributed by atoms with Gasteiger partial charge in [0.1, 0.15) is 12.6 Å². The first-order valence-corrected chi connectivity index (χ1v) is 6.65. The van der Waals surface area contributed by atoms with Crippen molar-refractivity contribution in [1.29, 1.82) is 0 Å². The van der Waals surface area contributed by atoms with E-state index in [1.54, 1.807) is 0 Å². The zero-order valence-corrected chi connectivity index (χ0v) is 11.0. The molecule has 0 fully saturated rings. The number of rotatable bonds is 3. The summed E-state index contributed by atoms with van der Waals surface area (Å²) in [7, 11) is 0. The van der Waals surface area contributed by atoms with Crippen molar-refractivity contribution in [2.24, 2.45) is 4.99 Å². The summed E-state index contributed by atoms with van der Waals surface area (Å²) in [6, 6.07) is 20.8. The molecule has 0 aliphatic carbocycles. The molecule has 0 spiro atoms. The van der Waals surface area contributed by atoms with E-state index >= 15 is 0 Å². The normalized spacial score (nSPS) is 19.6. The molecule has 2 aromatic carbocycles. The van der Waals surface area contributed by atoms with E-state index in [4.69, 9.17) is 9.73 Å². The van der Waals surface area contributed by atoms with E-state index in [0.29, 0.717) is 6.61 Å². The molecule has 1 heterocycles. The zero-order chi connectivity index (χ0) is 13.1. The topological polar surface area (TPSA) is 21.6 Å². The van der Waals surface area contributed by atoms with Crippen LogP contribution in [0.15, 0.2) is 65.7 Å². The monoisotopic (exact) mass is 251 g/mol. The lowest BCUT2D eigenvalue weighted by atomic mass is 10.0. The highest BCUT2D eigenvalue weighted by Gasteiger charge is 2.24. The van der Waals surface area contributed by atoms with E-state index in [1.807, 2.05) is 24.3 Å². The van der Waals surface area contributed by atoms with Crippen LogP contribution >= 0.6 is 0 Å². The second-order valence-corrected chi connectivity index (χ2v) is 4.84.